The largest absolute Gasteiger partial charge is 0.468 e. The molecule has 1 aromatic rings. The molecule has 1 aromatic heterocycles. The molecular weight excluding hydrogens is 242 g/mol. The van der Waals surface area contributed by atoms with Crippen molar-refractivity contribution < 1.29 is 9.53 Å². The molecule has 2 fully saturated rings. The van der Waals surface area contributed by atoms with Crippen LogP contribution in [-0.2, 0) is 16.6 Å². The highest BCUT2D eigenvalue weighted by Crippen LogP contribution is 2.41. The lowest BCUT2D eigenvalue weighted by Gasteiger charge is -2.19. The van der Waals surface area contributed by atoms with Crippen LogP contribution in [0.3, 0.4) is 0 Å². The molecule has 0 N–H and O–H groups in total. The molecule has 1 atom stereocenters. The number of nitrogens with zero attached hydrogens (tertiary/aromatic N) is 3. The number of methoxy groups -OCH3 is 1. The Bertz CT molecular complexity index is 473. The highest BCUT2D eigenvalue weighted by molar-refractivity contribution is 5.77. The second-order valence-corrected chi connectivity index (χ2v) is 5.77. The smallest absolute Gasteiger partial charge is 0.316 e. The van der Waals surface area contributed by atoms with Crippen LogP contribution >= 0.6 is 0 Å². The summed E-state index contributed by atoms with van der Waals surface area (Å²) in [7, 11) is 3.35. The molecule has 1 unspecified atom stereocenters. The van der Waals surface area contributed by atoms with Gasteiger partial charge >= 0.3 is 5.97 Å². The molecule has 19 heavy (non-hydrogen) atoms. The molecule has 0 bridgehead atoms. The zero-order valence-electron chi connectivity index (χ0n) is 11.6. The van der Waals surface area contributed by atoms with E-state index in [0.29, 0.717) is 11.8 Å². The van der Waals surface area contributed by atoms with E-state index in [4.69, 9.17) is 4.74 Å². The first-order valence-electron chi connectivity index (χ1n) is 7.19. The monoisotopic (exact) mass is 263 g/mol. The van der Waals surface area contributed by atoms with Crippen LogP contribution in [0, 0.1) is 5.92 Å². The maximum absolute atomic E-state index is 12.1. The molecule has 0 aliphatic heterocycles. The van der Waals surface area contributed by atoms with Gasteiger partial charge in [0.25, 0.3) is 0 Å². The first-order valence-corrected chi connectivity index (χ1v) is 7.19. The van der Waals surface area contributed by atoms with Gasteiger partial charge in [-0.15, -0.1) is 0 Å². The number of aryl methyl sites for hydroxylation is 1. The van der Waals surface area contributed by atoms with Crippen molar-refractivity contribution in [2.75, 3.05) is 7.11 Å². The van der Waals surface area contributed by atoms with Gasteiger partial charge in [0.1, 0.15) is 11.7 Å². The molecule has 2 aliphatic rings. The van der Waals surface area contributed by atoms with Gasteiger partial charge < -0.3 is 4.74 Å². The van der Waals surface area contributed by atoms with Crippen molar-refractivity contribution >= 4 is 5.97 Å². The molecule has 0 radical (unpaired) electrons. The van der Waals surface area contributed by atoms with E-state index in [1.165, 1.54) is 32.8 Å². The van der Waals surface area contributed by atoms with Gasteiger partial charge in [-0.1, -0.05) is 12.8 Å². The second-order valence-electron chi connectivity index (χ2n) is 5.77. The normalized spacial score (nSPS) is 21.6. The molecular formula is C14H21N3O2. The molecule has 5 heteroatoms. The zero-order valence-corrected chi connectivity index (χ0v) is 11.6. The second kappa shape index (κ2) is 4.94. The van der Waals surface area contributed by atoms with Crippen LogP contribution in [-0.4, -0.2) is 27.8 Å². The third-order valence-corrected chi connectivity index (χ3v) is 4.36. The Morgan fingerprint density at radius 2 is 2.00 bits per heavy atom. The lowest BCUT2D eigenvalue weighted by atomic mass is 9.90. The van der Waals surface area contributed by atoms with Crippen LogP contribution in [0.1, 0.15) is 62.0 Å². The molecule has 0 aromatic carbocycles. The van der Waals surface area contributed by atoms with Crippen molar-refractivity contribution in [2.45, 2.75) is 50.4 Å². The van der Waals surface area contributed by atoms with Crippen molar-refractivity contribution in [1.82, 2.24) is 14.8 Å². The molecule has 3 rings (SSSR count). The standard InChI is InChI=1S/C14H21N3O2/c1-17-13(15-12(16-17)10-7-8-10)11(14(18)19-2)9-5-3-4-6-9/h9-11H,3-8H2,1-2H3. The van der Waals surface area contributed by atoms with E-state index < -0.39 is 0 Å². The minimum absolute atomic E-state index is 0.162. The minimum atomic E-state index is -0.238. The van der Waals surface area contributed by atoms with E-state index in [1.54, 1.807) is 4.68 Å². The summed E-state index contributed by atoms with van der Waals surface area (Å²) in [4.78, 5) is 16.8. The topological polar surface area (TPSA) is 57.0 Å². The number of rotatable bonds is 4. The molecule has 1 heterocycles. The Morgan fingerprint density at radius 1 is 1.32 bits per heavy atom. The lowest BCUT2D eigenvalue weighted by molar-refractivity contribution is -0.144. The zero-order chi connectivity index (χ0) is 13.4. The van der Waals surface area contributed by atoms with Crippen LogP contribution in [0.5, 0.6) is 0 Å². The van der Waals surface area contributed by atoms with Crippen molar-refractivity contribution in [1.29, 1.82) is 0 Å². The fourth-order valence-electron chi connectivity index (χ4n) is 3.13. The predicted octanol–water partition coefficient (Wildman–Crippen LogP) is 2.14. The number of esters is 1. The SMILES string of the molecule is COC(=O)C(c1nc(C2CC2)nn1C)C1CCCC1. The van der Waals surface area contributed by atoms with E-state index in [1.807, 2.05) is 7.05 Å². The van der Waals surface area contributed by atoms with Crippen LogP contribution in [0.2, 0.25) is 0 Å². The summed E-state index contributed by atoms with van der Waals surface area (Å²) < 4.78 is 6.78. The van der Waals surface area contributed by atoms with Crippen molar-refractivity contribution in [3.8, 4) is 0 Å². The Morgan fingerprint density at radius 3 is 2.58 bits per heavy atom. The average molecular weight is 263 g/mol. The Kier molecular flexibility index (Phi) is 3.29. The third kappa shape index (κ3) is 2.38. The highest BCUT2D eigenvalue weighted by Gasteiger charge is 2.38. The Balaban J connectivity index is 1.91. The highest BCUT2D eigenvalue weighted by atomic mass is 16.5. The number of aromatic nitrogens is 3. The summed E-state index contributed by atoms with van der Waals surface area (Å²) >= 11 is 0. The van der Waals surface area contributed by atoms with Crippen LogP contribution < -0.4 is 0 Å². The number of carbonyl (C=O) groups excluding carboxylic acids is 1. The number of carbonyl (C=O) groups is 1. The Labute approximate surface area is 113 Å². The number of ether oxygens (including phenoxy) is 1. The summed E-state index contributed by atoms with van der Waals surface area (Å²) in [6.07, 6.45) is 6.93. The van der Waals surface area contributed by atoms with E-state index in [-0.39, 0.29) is 11.9 Å². The van der Waals surface area contributed by atoms with Gasteiger partial charge in [0.15, 0.2) is 5.82 Å². The van der Waals surface area contributed by atoms with Crippen LogP contribution in [0.25, 0.3) is 0 Å². The van der Waals surface area contributed by atoms with Gasteiger partial charge in [0, 0.05) is 13.0 Å². The summed E-state index contributed by atoms with van der Waals surface area (Å²) in [6, 6.07) is 0. The number of hydrogen-bond donors (Lipinski definition) is 0. The summed E-state index contributed by atoms with van der Waals surface area (Å²) in [5.41, 5.74) is 0. The van der Waals surface area contributed by atoms with Crippen molar-refractivity contribution in [3.05, 3.63) is 11.6 Å². The summed E-state index contributed by atoms with van der Waals surface area (Å²) in [6.45, 7) is 0. The first-order chi connectivity index (χ1) is 9.20. The quantitative estimate of drug-likeness (QED) is 0.781. The number of hydrogen-bond acceptors (Lipinski definition) is 4. The third-order valence-electron chi connectivity index (χ3n) is 4.36. The predicted molar refractivity (Wildman–Crippen MR) is 69.7 cm³/mol. The lowest BCUT2D eigenvalue weighted by Crippen LogP contribution is -2.24. The van der Waals surface area contributed by atoms with E-state index in [9.17, 15) is 4.79 Å². The van der Waals surface area contributed by atoms with Gasteiger partial charge in [0.05, 0.1) is 7.11 Å². The van der Waals surface area contributed by atoms with Gasteiger partial charge in [-0.25, -0.2) is 4.98 Å². The van der Waals surface area contributed by atoms with Crippen LogP contribution in [0.4, 0.5) is 0 Å². The Hall–Kier alpha value is -1.39. The fraction of sp³-hybridized carbons (Fsp3) is 0.786. The first kappa shape index (κ1) is 12.6. The molecule has 0 spiro atoms. The van der Waals surface area contributed by atoms with Gasteiger partial charge in [-0.05, 0) is 31.6 Å². The van der Waals surface area contributed by atoms with Gasteiger partial charge in [-0.3, -0.25) is 9.48 Å². The van der Waals surface area contributed by atoms with Crippen molar-refractivity contribution in [3.63, 3.8) is 0 Å². The molecule has 5 nitrogen and oxygen atoms in total. The molecule has 2 aliphatic carbocycles. The van der Waals surface area contributed by atoms with Crippen LogP contribution in [0.15, 0.2) is 0 Å². The average Bonchev–Trinajstić information content (AvgIpc) is 3.00. The molecule has 0 amide bonds. The maximum Gasteiger partial charge on any atom is 0.316 e. The summed E-state index contributed by atoms with van der Waals surface area (Å²) in [5.74, 6) is 2.18. The fourth-order valence-corrected chi connectivity index (χ4v) is 3.13. The molecule has 2 saturated carbocycles. The van der Waals surface area contributed by atoms with Gasteiger partial charge in [-0.2, -0.15) is 5.10 Å². The molecule has 0 saturated heterocycles. The maximum atomic E-state index is 12.1. The minimum Gasteiger partial charge on any atom is -0.468 e. The van der Waals surface area contributed by atoms with E-state index >= 15 is 0 Å². The van der Waals surface area contributed by atoms with E-state index in [2.05, 4.69) is 10.1 Å². The van der Waals surface area contributed by atoms with Crippen molar-refractivity contribution in [2.24, 2.45) is 13.0 Å². The molecule has 104 valence electrons. The van der Waals surface area contributed by atoms with E-state index in [0.717, 1.165) is 24.5 Å². The summed E-state index contributed by atoms with van der Waals surface area (Å²) in [5, 5.41) is 4.48. The van der Waals surface area contributed by atoms with Gasteiger partial charge in [0.2, 0.25) is 0 Å².